The molecule has 272 valence electrons. The summed E-state index contributed by atoms with van der Waals surface area (Å²) in [6, 6.07) is 13.6. The zero-order chi connectivity index (χ0) is 36.7. The summed E-state index contributed by atoms with van der Waals surface area (Å²) in [5.41, 5.74) is 5.05. The van der Waals surface area contributed by atoms with Gasteiger partial charge in [0.15, 0.2) is 0 Å². The molecule has 2 amide bonds. The molecular formula is C39H43ClN6O6. The van der Waals surface area contributed by atoms with Crippen molar-refractivity contribution >= 4 is 29.1 Å². The van der Waals surface area contributed by atoms with Crippen LogP contribution in [0.3, 0.4) is 0 Å². The maximum absolute atomic E-state index is 13.4. The molecule has 2 aromatic carbocycles. The van der Waals surface area contributed by atoms with E-state index < -0.39 is 17.2 Å². The topological polar surface area (TPSA) is 137 Å². The van der Waals surface area contributed by atoms with Crippen LogP contribution in [0.1, 0.15) is 65.2 Å². The van der Waals surface area contributed by atoms with Gasteiger partial charge in [-0.3, -0.25) is 28.4 Å². The van der Waals surface area contributed by atoms with Gasteiger partial charge in [0.1, 0.15) is 5.56 Å². The predicted molar refractivity (Wildman–Crippen MR) is 199 cm³/mol. The molecule has 2 aliphatic heterocycles. The Labute approximate surface area is 306 Å². The quantitative estimate of drug-likeness (QED) is 0.249. The van der Waals surface area contributed by atoms with Gasteiger partial charge in [-0.25, -0.2) is 9.78 Å². The fraction of sp³-hybridized carbons (Fsp3) is 0.410. The Morgan fingerprint density at radius 2 is 1.85 bits per heavy atom. The maximum atomic E-state index is 13.4. The summed E-state index contributed by atoms with van der Waals surface area (Å²) in [4.78, 5) is 58.7. The zero-order valence-electron chi connectivity index (χ0n) is 29.9. The lowest BCUT2D eigenvalue weighted by atomic mass is 9.88. The number of aromatic nitrogens is 3. The number of nitrogens with one attached hydrogen (secondary N) is 2. The number of ether oxygens (including phenoxy) is 2. The van der Waals surface area contributed by atoms with Crippen LogP contribution in [0.5, 0.6) is 5.88 Å². The number of hydrogen-bond acceptors (Lipinski definition) is 8. The summed E-state index contributed by atoms with van der Waals surface area (Å²) in [7, 11) is 4.51. The predicted octanol–water partition coefficient (Wildman–Crippen LogP) is 4.88. The molecule has 2 aromatic heterocycles. The molecule has 2 saturated heterocycles. The number of nitrogens with zero attached hydrogens (tertiary/aromatic N) is 4. The summed E-state index contributed by atoms with van der Waals surface area (Å²) in [5.74, 6) is 0.110. The van der Waals surface area contributed by atoms with Gasteiger partial charge in [0.2, 0.25) is 11.8 Å². The number of likely N-dealkylation sites (tertiary alicyclic amines) is 1. The van der Waals surface area contributed by atoms with Crippen LogP contribution in [0.2, 0.25) is 5.02 Å². The highest BCUT2D eigenvalue weighted by Crippen LogP contribution is 2.47. The van der Waals surface area contributed by atoms with Gasteiger partial charge < -0.3 is 20.1 Å². The van der Waals surface area contributed by atoms with Crippen LogP contribution in [0, 0.1) is 6.92 Å². The van der Waals surface area contributed by atoms with Crippen molar-refractivity contribution < 1.29 is 19.1 Å². The standard InChI is InChI=1S/C39H43ClN6O6/c1-23-25(8-6-11-29(23)41-35(48)28-21-45(18-19-51-3)38(50)44(2)37(28)49)26-9-5-10-27(34(26)40)30-20-24-13-14-31(33(24)36(42-30)52-4)46-17-16-39(22-46)15-7-12-32(47)43-39/h5-6,8-11,20-21,31H,7,12-19,22H2,1-4H3,(H,41,48)(H,43,47). The summed E-state index contributed by atoms with van der Waals surface area (Å²) in [6.07, 6.45) is 6.61. The van der Waals surface area contributed by atoms with E-state index in [9.17, 15) is 19.2 Å². The number of anilines is 1. The number of methoxy groups -OCH3 is 2. The summed E-state index contributed by atoms with van der Waals surface area (Å²) >= 11 is 7.19. The van der Waals surface area contributed by atoms with E-state index in [4.69, 9.17) is 26.1 Å². The molecule has 12 nitrogen and oxygen atoms in total. The van der Waals surface area contributed by atoms with Gasteiger partial charge in [-0.15, -0.1) is 0 Å². The molecule has 2 unspecified atom stereocenters. The van der Waals surface area contributed by atoms with E-state index in [1.54, 1.807) is 13.2 Å². The average Bonchev–Trinajstić information content (AvgIpc) is 3.75. The lowest BCUT2D eigenvalue weighted by Crippen LogP contribution is -2.53. The molecule has 7 rings (SSSR count). The zero-order valence-corrected chi connectivity index (χ0v) is 30.6. The Balaban J connectivity index is 1.17. The Morgan fingerprint density at radius 1 is 1.08 bits per heavy atom. The number of halogens is 1. The van der Waals surface area contributed by atoms with Crippen molar-refractivity contribution in [1.29, 1.82) is 0 Å². The highest BCUT2D eigenvalue weighted by Gasteiger charge is 2.45. The number of carbonyl (C=O) groups excluding carboxylic acids is 2. The molecule has 4 heterocycles. The van der Waals surface area contributed by atoms with Crippen molar-refractivity contribution in [2.75, 3.05) is 39.2 Å². The van der Waals surface area contributed by atoms with Crippen LogP contribution < -0.4 is 26.6 Å². The minimum absolute atomic E-state index is 0.141. The van der Waals surface area contributed by atoms with Crippen molar-refractivity contribution in [2.45, 2.75) is 63.6 Å². The molecule has 0 bridgehead atoms. The van der Waals surface area contributed by atoms with Crippen molar-refractivity contribution in [3.63, 3.8) is 0 Å². The van der Waals surface area contributed by atoms with E-state index in [1.165, 1.54) is 30.5 Å². The van der Waals surface area contributed by atoms with Gasteiger partial charge in [0.25, 0.3) is 11.5 Å². The molecule has 3 aliphatic rings. The van der Waals surface area contributed by atoms with Crippen LogP contribution in [0.15, 0.2) is 58.3 Å². The first kappa shape index (κ1) is 35.6. The van der Waals surface area contributed by atoms with E-state index in [0.29, 0.717) is 28.7 Å². The average molecular weight is 727 g/mol. The molecule has 52 heavy (non-hydrogen) atoms. The van der Waals surface area contributed by atoms with Gasteiger partial charge in [-0.1, -0.05) is 41.9 Å². The molecule has 0 radical (unpaired) electrons. The number of fused-ring (bicyclic) bond motifs is 1. The number of pyridine rings is 1. The molecule has 1 spiro atoms. The van der Waals surface area contributed by atoms with Crippen LogP contribution in [0.25, 0.3) is 22.4 Å². The van der Waals surface area contributed by atoms with Gasteiger partial charge in [0, 0.05) is 68.3 Å². The number of rotatable bonds is 9. The third kappa shape index (κ3) is 6.44. The van der Waals surface area contributed by atoms with Crippen LogP contribution in [-0.2, 0) is 29.5 Å². The van der Waals surface area contributed by atoms with Gasteiger partial charge in [-0.05, 0) is 67.9 Å². The van der Waals surface area contributed by atoms with Gasteiger partial charge >= 0.3 is 5.69 Å². The minimum Gasteiger partial charge on any atom is -0.481 e. The molecular weight excluding hydrogens is 684 g/mol. The Morgan fingerprint density at radius 3 is 2.62 bits per heavy atom. The van der Waals surface area contributed by atoms with Crippen LogP contribution in [0.4, 0.5) is 5.69 Å². The van der Waals surface area contributed by atoms with E-state index in [2.05, 4.69) is 21.6 Å². The fourth-order valence-electron chi connectivity index (χ4n) is 8.15. The Kier molecular flexibility index (Phi) is 9.81. The first-order valence-electron chi connectivity index (χ1n) is 17.7. The minimum atomic E-state index is -0.689. The van der Waals surface area contributed by atoms with Crippen LogP contribution >= 0.6 is 11.6 Å². The van der Waals surface area contributed by atoms with E-state index >= 15 is 0 Å². The second-order valence-electron chi connectivity index (χ2n) is 14.0. The number of piperidine rings is 1. The first-order chi connectivity index (χ1) is 25.0. The Hall–Kier alpha value is -4.78. The molecule has 0 saturated carbocycles. The summed E-state index contributed by atoms with van der Waals surface area (Å²) in [5, 5.41) is 6.68. The molecule has 4 aromatic rings. The largest absolute Gasteiger partial charge is 0.481 e. The molecule has 2 fully saturated rings. The highest BCUT2D eigenvalue weighted by atomic mass is 35.5. The third-order valence-corrected chi connectivity index (χ3v) is 11.3. The third-order valence-electron chi connectivity index (χ3n) is 10.9. The van der Waals surface area contributed by atoms with E-state index in [0.717, 1.165) is 77.6 Å². The van der Waals surface area contributed by atoms with Crippen molar-refractivity contribution in [2.24, 2.45) is 7.05 Å². The lowest BCUT2D eigenvalue weighted by Gasteiger charge is -2.35. The number of amides is 2. The second kappa shape index (κ2) is 14.3. The van der Waals surface area contributed by atoms with E-state index in [1.807, 2.05) is 37.3 Å². The first-order valence-corrected chi connectivity index (χ1v) is 18.0. The second-order valence-corrected chi connectivity index (χ2v) is 14.4. The number of benzene rings is 2. The number of hydrogen-bond donors (Lipinski definition) is 2. The Bertz CT molecular complexity index is 2200. The van der Waals surface area contributed by atoms with Gasteiger partial charge in [0.05, 0.1) is 36.5 Å². The smallest absolute Gasteiger partial charge is 0.330 e. The molecule has 2 N–H and O–H groups in total. The van der Waals surface area contributed by atoms with Gasteiger partial charge in [-0.2, -0.15) is 0 Å². The maximum Gasteiger partial charge on any atom is 0.330 e. The molecule has 2 atom stereocenters. The molecule has 13 heteroatoms. The number of aryl methyl sites for hydroxylation is 1. The highest BCUT2D eigenvalue weighted by molar-refractivity contribution is 6.36. The van der Waals surface area contributed by atoms with Crippen molar-refractivity contribution in [1.82, 2.24) is 24.3 Å². The van der Waals surface area contributed by atoms with Crippen molar-refractivity contribution in [3.8, 4) is 28.3 Å². The lowest BCUT2D eigenvalue weighted by molar-refractivity contribution is -0.125. The monoisotopic (exact) mass is 726 g/mol. The SMILES string of the molecule is COCCn1cc(C(=O)Nc2cccc(-c3cccc(-c4cc5c(c(OC)n4)C(N4CCC6(CCCC(=O)N6)C4)CC5)c3Cl)c2C)c(=O)n(C)c1=O. The summed E-state index contributed by atoms with van der Waals surface area (Å²) in [6.45, 7) is 4.06. The summed E-state index contributed by atoms with van der Waals surface area (Å²) < 4.78 is 13.2. The molecule has 1 aliphatic carbocycles. The fourth-order valence-corrected chi connectivity index (χ4v) is 8.47. The van der Waals surface area contributed by atoms with Crippen LogP contribution in [-0.4, -0.2) is 70.3 Å². The number of carbonyl (C=O) groups is 2. The van der Waals surface area contributed by atoms with E-state index in [-0.39, 0.29) is 36.2 Å². The van der Waals surface area contributed by atoms with Crippen molar-refractivity contribution in [3.05, 3.63) is 96.8 Å². The normalized spacial score (nSPS) is 19.9.